The van der Waals surface area contributed by atoms with Crippen molar-refractivity contribution in [2.75, 3.05) is 0 Å². The lowest BCUT2D eigenvalue weighted by molar-refractivity contribution is 0.0169. The summed E-state index contributed by atoms with van der Waals surface area (Å²) in [6.07, 6.45) is 1.92. The Hall–Kier alpha value is -1.45. The van der Waals surface area contributed by atoms with Gasteiger partial charge in [-0.05, 0) is 33.8 Å². The first-order valence-corrected chi connectivity index (χ1v) is 4.23. The SMILES string of the molecule is CC=C(C)NOn1nc(C)cc1C. The average molecular weight is 181 g/mol. The Morgan fingerprint density at radius 3 is 2.77 bits per heavy atom. The Kier molecular flexibility index (Phi) is 2.95. The van der Waals surface area contributed by atoms with Gasteiger partial charge < -0.3 is 0 Å². The van der Waals surface area contributed by atoms with Crippen molar-refractivity contribution in [2.24, 2.45) is 0 Å². The molecule has 0 fully saturated rings. The quantitative estimate of drug-likeness (QED) is 0.715. The molecule has 1 aromatic rings. The van der Waals surface area contributed by atoms with Gasteiger partial charge in [0.15, 0.2) is 0 Å². The van der Waals surface area contributed by atoms with Crippen molar-refractivity contribution in [1.29, 1.82) is 0 Å². The lowest BCUT2D eigenvalue weighted by atomic mass is 10.4. The van der Waals surface area contributed by atoms with Gasteiger partial charge in [0.2, 0.25) is 0 Å². The summed E-state index contributed by atoms with van der Waals surface area (Å²) in [7, 11) is 0. The fraction of sp³-hybridized carbons (Fsp3) is 0.444. The number of nitrogens with one attached hydrogen (secondary N) is 1. The predicted octanol–water partition coefficient (Wildman–Crippen LogP) is 1.36. The van der Waals surface area contributed by atoms with Gasteiger partial charge in [-0.1, -0.05) is 10.9 Å². The van der Waals surface area contributed by atoms with Crippen LogP contribution in [0, 0.1) is 13.8 Å². The average Bonchev–Trinajstić information content (AvgIpc) is 2.41. The third-order valence-corrected chi connectivity index (χ3v) is 1.69. The summed E-state index contributed by atoms with van der Waals surface area (Å²) < 4.78 is 0. The maximum atomic E-state index is 5.20. The molecule has 0 aliphatic heterocycles. The summed E-state index contributed by atoms with van der Waals surface area (Å²) in [6.45, 7) is 7.72. The Balaban J connectivity index is 2.59. The van der Waals surface area contributed by atoms with Crippen molar-refractivity contribution in [3.63, 3.8) is 0 Å². The molecule has 1 aromatic heterocycles. The van der Waals surface area contributed by atoms with Crippen LogP contribution < -0.4 is 10.4 Å². The molecule has 0 unspecified atom stereocenters. The molecule has 0 bridgehead atoms. The van der Waals surface area contributed by atoms with Crippen molar-refractivity contribution in [3.8, 4) is 0 Å². The zero-order valence-electron chi connectivity index (χ0n) is 8.46. The molecule has 0 aliphatic carbocycles. The molecule has 1 heterocycles. The van der Waals surface area contributed by atoms with Gasteiger partial charge in [-0.25, -0.2) is 5.48 Å². The minimum absolute atomic E-state index is 0.942. The van der Waals surface area contributed by atoms with Crippen LogP contribution in [-0.2, 0) is 0 Å². The number of nitrogens with zero attached hydrogens (tertiary/aromatic N) is 2. The van der Waals surface area contributed by atoms with Crippen LogP contribution in [0.3, 0.4) is 0 Å². The van der Waals surface area contributed by atoms with Crippen LogP contribution in [0.2, 0.25) is 0 Å². The van der Waals surface area contributed by atoms with E-state index >= 15 is 0 Å². The number of aromatic nitrogens is 2. The number of hydrogen-bond acceptors (Lipinski definition) is 3. The molecule has 0 radical (unpaired) electrons. The van der Waals surface area contributed by atoms with Gasteiger partial charge >= 0.3 is 0 Å². The van der Waals surface area contributed by atoms with Crippen LogP contribution in [0.1, 0.15) is 25.2 Å². The second kappa shape index (κ2) is 3.98. The summed E-state index contributed by atoms with van der Waals surface area (Å²) in [5, 5.41) is 4.12. The molecule has 0 aromatic carbocycles. The zero-order valence-corrected chi connectivity index (χ0v) is 8.46. The Morgan fingerprint density at radius 2 is 2.31 bits per heavy atom. The van der Waals surface area contributed by atoms with Crippen LogP contribution in [-0.4, -0.2) is 9.94 Å². The van der Waals surface area contributed by atoms with Gasteiger partial charge in [0.1, 0.15) is 0 Å². The molecule has 0 spiro atoms. The van der Waals surface area contributed by atoms with Crippen molar-refractivity contribution in [1.82, 2.24) is 15.4 Å². The lowest BCUT2D eigenvalue weighted by Gasteiger charge is -2.07. The lowest BCUT2D eigenvalue weighted by Crippen LogP contribution is -2.27. The van der Waals surface area contributed by atoms with Crippen LogP contribution in [0.4, 0.5) is 0 Å². The minimum atomic E-state index is 0.942. The third kappa shape index (κ3) is 2.50. The van der Waals surface area contributed by atoms with Gasteiger partial charge in [-0.3, -0.25) is 4.94 Å². The van der Waals surface area contributed by atoms with Gasteiger partial charge in [-0.15, -0.1) is 5.10 Å². The molecule has 0 amide bonds. The molecular formula is C9H15N3O. The molecule has 72 valence electrons. The van der Waals surface area contributed by atoms with Gasteiger partial charge in [0.25, 0.3) is 0 Å². The maximum absolute atomic E-state index is 5.20. The van der Waals surface area contributed by atoms with Crippen molar-refractivity contribution < 1.29 is 4.94 Å². The van der Waals surface area contributed by atoms with Gasteiger partial charge in [0, 0.05) is 5.70 Å². The van der Waals surface area contributed by atoms with Crippen molar-refractivity contribution >= 4 is 0 Å². The minimum Gasteiger partial charge on any atom is -0.272 e. The van der Waals surface area contributed by atoms with Crippen LogP contribution in [0.5, 0.6) is 0 Å². The van der Waals surface area contributed by atoms with E-state index in [-0.39, 0.29) is 0 Å². The second-order valence-corrected chi connectivity index (χ2v) is 2.97. The van der Waals surface area contributed by atoms with E-state index in [0.717, 1.165) is 17.1 Å². The van der Waals surface area contributed by atoms with E-state index in [0.29, 0.717) is 0 Å². The van der Waals surface area contributed by atoms with E-state index in [4.69, 9.17) is 4.94 Å². The normalized spacial score (nSPS) is 11.5. The molecule has 1 N–H and O–H groups in total. The summed E-state index contributed by atoms with van der Waals surface area (Å²) >= 11 is 0. The number of aryl methyl sites for hydroxylation is 2. The molecule has 1 rings (SSSR count). The number of allylic oxidation sites excluding steroid dienone is 2. The maximum Gasteiger partial charge on any atom is 0.0802 e. The Bertz CT molecular complexity index is 315. The first-order valence-electron chi connectivity index (χ1n) is 4.23. The highest BCUT2D eigenvalue weighted by atomic mass is 16.8. The van der Waals surface area contributed by atoms with Crippen molar-refractivity contribution in [3.05, 3.63) is 29.2 Å². The van der Waals surface area contributed by atoms with Crippen molar-refractivity contribution in [2.45, 2.75) is 27.7 Å². The fourth-order valence-corrected chi connectivity index (χ4v) is 0.875. The number of rotatable bonds is 3. The van der Waals surface area contributed by atoms with Gasteiger partial charge in [-0.2, -0.15) is 0 Å². The standard InChI is InChI=1S/C9H15N3O/c1-5-7(2)11-13-12-9(4)6-8(3)10-12/h5-6,11H,1-4H3. The monoisotopic (exact) mass is 181 g/mol. The largest absolute Gasteiger partial charge is 0.272 e. The zero-order chi connectivity index (χ0) is 9.84. The molecule has 4 heteroatoms. The summed E-state index contributed by atoms with van der Waals surface area (Å²) in [5.41, 5.74) is 5.62. The predicted molar refractivity (Wildman–Crippen MR) is 50.8 cm³/mol. The second-order valence-electron chi connectivity index (χ2n) is 2.97. The highest BCUT2D eigenvalue weighted by Gasteiger charge is 2.00. The molecule has 0 saturated heterocycles. The van der Waals surface area contributed by atoms with E-state index in [9.17, 15) is 0 Å². The highest BCUT2D eigenvalue weighted by molar-refractivity contribution is 5.05. The fourth-order valence-electron chi connectivity index (χ4n) is 0.875. The number of hydroxylamine groups is 1. The molecule has 4 nitrogen and oxygen atoms in total. The summed E-state index contributed by atoms with van der Waals surface area (Å²) in [4.78, 5) is 6.66. The van der Waals surface area contributed by atoms with Crippen LogP contribution >= 0.6 is 0 Å². The molecule has 0 aliphatic rings. The van der Waals surface area contributed by atoms with Crippen LogP contribution in [0.25, 0.3) is 0 Å². The Morgan fingerprint density at radius 1 is 1.62 bits per heavy atom. The topological polar surface area (TPSA) is 39.1 Å². The first-order chi connectivity index (χ1) is 6.13. The van der Waals surface area contributed by atoms with Gasteiger partial charge in [0.05, 0.1) is 11.4 Å². The highest BCUT2D eigenvalue weighted by Crippen LogP contribution is 1.98. The first kappa shape index (κ1) is 9.64. The molecule has 0 atom stereocenters. The Labute approximate surface area is 78.1 Å². The van der Waals surface area contributed by atoms with Crippen LogP contribution in [0.15, 0.2) is 17.8 Å². The summed E-state index contributed by atoms with van der Waals surface area (Å²) in [6, 6.07) is 1.95. The van der Waals surface area contributed by atoms with E-state index in [2.05, 4.69) is 10.6 Å². The molecular weight excluding hydrogens is 166 g/mol. The molecule has 13 heavy (non-hydrogen) atoms. The van der Waals surface area contributed by atoms with E-state index in [1.165, 1.54) is 4.85 Å². The van der Waals surface area contributed by atoms with E-state index < -0.39 is 0 Å². The third-order valence-electron chi connectivity index (χ3n) is 1.69. The molecule has 0 saturated carbocycles. The smallest absolute Gasteiger partial charge is 0.0802 e. The van der Waals surface area contributed by atoms with E-state index in [1.807, 2.05) is 39.8 Å². The van der Waals surface area contributed by atoms with E-state index in [1.54, 1.807) is 0 Å². The number of hydrogen-bond donors (Lipinski definition) is 1. The summed E-state index contributed by atoms with van der Waals surface area (Å²) in [5.74, 6) is 0.